The standard InChI is InChI=1S/C49H66N4O11S/c1-29-23-30(2)40(31(3)24-29)41-44(56)49(64-47(41)59)15-13-37(14-16-49)63-22-21-61-18-17-60-19-20-62-27-39(55)52-43(48(6,7)8)46(58)53-26-36(54)25-38(53)45(57)51-32(4)34-9-11-35(12-10-34)42-33(5)50-28-65-42/h9-12,23-24,28,32,36-38,43,54,56H,13-22,25-27H2,1-8H3,(H,51,57)(H,52,55)/t32-,36+,37?,38-,43+,49?/m0/s1. The summed E-state index contributed by atoms with van der Waals surface area (Å²) in [6, 6.07) is 9.69. The maximum Gasteiger partial charge on any atom is 0.343 e. The van der Waals surface area contributed by atoms with E-state index in [2.05, 4.69) is 15.6 Å². The Bertz CT molecular complexity index is 2170. The molecule has 6 rings (SSSR count). The zero-order valence-electron chi connectivity index (χ0n) is 39.0. The number of carbonyl (C=O) groups is 4. The lowest BCUT2D eigenvalue weighted by molar-refractivity contribution is -0.152. The van der Waals surface area contributed by atoms with Gasteiger partial charge in [-0.2, -0.15) is 0 Å². The quantitative estimate of drug-likeness (QED) is 0.0812. The number of hydrogen-bond donors (Lipinski definition) is 4. The number of carbonyl (C=O) groups excluding carboxylic acids is 4. The molecular weight excluding hydrogens is 853 g/mol. The summed E-state index contributed by atoms with van der Waals surface area (Å²) in [5, 5.41) is 27.7. The Morgan fingerprint density at radius 2 is 1.55 bits per heavy atom. The number of hydrogen-bond acceptors (Lipinski definition) is 13. The van der Waals surface area contributed by atoms with Crippen molar-refractivity contribution in [2.75, 3.05) is 52.8 Å². The second-order valence-electron chi connectivity index (χ2n) is 18.6. The van der Waals surface area contributed by atoms with Gasteiger partial charge in [-0.1, -0.05) is 62.7 Å². The first-order valence-corrected chi connectivity index (χ1v) is 23.4. The molecule has 1 aromatic heterocycles. The average Bonchev–Trinajstić information content (AvgIpc) is 3.93. The Morgan fingerprint density at radius 1 is 0.938 bits per heavy atom. The Hall–Kier alpha value is -4.71. The molecular formula is C49H66N4O11S. The van der Waals surface area contributed by atoms with E-state index in [9.17, 15) is 29.4 Å². The molecule has 4 N–H and O–H groups in total. The molecule has 3 aromatic rings. The van der Waals surface area contributed by atoms with Gasteiger partial charge in [-0.3, -0.25) is 14.4 Å². The Balaban J connectivity index is 0.849. The van der Waals surface area contributed by atoms with E-state index in [4.69, 9.17) is 23.7 Å². The lowest BCUT2D eigenvalue weighted by atomic mass is 9.80. The zero-order valence-corrected chi connectivity index (χ0v) is 39.8. The summed E-state index contributed by atoms with van der Waals surface area (Å²) < 4.78 is 28.7. The summed E-state index contributed by atoms with van der Waals surface area (Å²) in [6.07, 6.45) is 1.40. The number of β-amino-alcohol motifs (C(OH)–C–C–N with tert-alkyl or cyclic N) is 1. The van der Waals surface area contributed by atoms with Crippen LogP contribution in [0.4, 0.5) is 0 Å². The third-order valence-corrected chi connectivity index (χ3v) is 13.4. The number of aromatic nitrogens is 1. The zero-order chi connectivity index (χ0) is 47.1. The van der Waals surface area contributed by atoms with Gasteiger partial charge in [0, 0.05) is 13.0 Å². The topological polar surface area (TPSA) is 195 Å². The summed E-state index contributed by atoms with van der Waals surface area (Å²) in [6.45, 7) is 16.7. The second-order valence-corrected chi connectivity index (χ2v) is 19.5. The Kier molecular flexibility index (Phi) is 16.6. The predicted molar refractivity (Wildman–Crippen MR) is 246 cm³/mol. The third kappa shape index (κ3) is 12.2. The molecule has 2 fully saturated rings. The summed E-state index contributed by atoms with van der Waals surface area (Å²) >= 11 is 1.57. The first-order chi connectivity index (χ1) is 30.9. The van der Waals surface area contributed by atoms with E-state index < -0.39 is 47.0 Å². The van der Waals surface area contributed by atoms with E-state index in [1.54, 1.807) is 11.3 Å². The summed E-state index contributed by atoms with van der Waals surface area (Å²) in [4.78, 5) is 60.4. The number of rotatable bonds is 19. The number of benzene rings is 2. The minimum Gasteiger partial charge on any atom is -0.507 e. The molecule has 0 bridgehead atoms. The molecule has 1 spiro atoms. The Morgan fingerprint density at radius 3 is 2.15 bits per heavy atom. The highest BCUT2D eigenvalue weighted by molar-refractivity contribution is 7.13. The first-order valence-electron chi connectivity index (χ1n) is 22.6. The van der Waals surface area contributed by atoms with Crippen molar-refractivity contribution in [2.24, 2.45) is 5.41 Å². The van der Waals surface area contributed by atoms with Crippen LogP contribution in [0.25, 0.3) is 16.0 Å². The third-order valence-electron chi connectivity index (χ3n) is 12.4. The van der Waals surface area contributed by atoms with Gasteiger partial charge in [-0.15, -0.1) is 11.3 Å². The van der Waals surface area contributed by atoms with Gasteiger partial charge in [0.1, 0.15) is 24.3 Å². The number of amides is 3. The number of esters is 1. The van der Waals surface area contributed by atoms with E-state index in [-0.39, 0.29) is 62.2 Å². The van der Waals surface area contributed by atoms with Crippen LogP contribution in [0.5, 0.6) is 0 Å². The highest BCUT2D eigenvalue weighted by Crippen LogP contribution is 2.47. The van der Waals surface area contributed by atoms with Gasteiger partial charge < -0.3 is 49.4 Å². The van der Waals surface area contributed by atoms with Crippen molar-refractivity contribution < 1.29 is 53.1 Å². The van der Waals surface area contributed by atoms with E-state index in [0.29, 0.717) is 52.1 Å². The van der Waals surface area contributed by atoms with Crippen molar-refractivity contribution in [1.82, 2.24) is 20.5 Å². The van der Waals surface area contributed by atoms with Gasteiger partial charge in [0.2, 0.25) is 17.7 Å². The minimum atomic E-state index is -1.01. The maximum atomic E-state index is 14.0. The van der Waals surface area contributed by atoms with Crippen LogP contribution in [0.3, 0.4) is 0 Å². The highest BCUT2D eigenvalue weighted by Gasteiger charge is 2.51. The van der Waals surface area contributed by atoms with Crippen molar-refractivity contribution in [3.63, 3.8) is 0 Å². The number of nitrogens with zero attached hydrogens (tertiary/aromatic N) is 2. The van der Waals surface area contributed by atoms with Crippen LogP contribution in [0.2, 0.25) is 0 Å². The van der Waals surface area contributed by atoms with Gasteiger partial charge in [-0.25, -0.2) is 9.78 Å². The largest absolute Gasteiger partial charge is 0.507 e. The van der Waals surface area contributed by atoms with Crippen molar-refractivity contribution in [3.8, 4) is 10.4 Å². The second kappa shape index (κ2) is 21.7. The molecule has 354 valence electrons. The molecule has 16 heteroatoms. The fourth-order valence-electron chi connectivity index (χ4n) is 9.06. The molecule has 0 radical (unpaired) electrons. The van der Waals surface area contributed by atoms with Crippen LogP contribution in [0.15, 0.2) is 47.7 Å². The lowest BCUT2D eigenvalue weighted by Crippen LogP contribution is -2.58. The molecule has 2 aliphatic heterocycles. The molecule has 1 aliphatic carbocycles. The van der Waals surface area contributed by atoms with Crippen LogP contribution in [0.1, 0.15) is 99.4 Å². The SMILES string of the molecule is Cc1cc(C)c(C2=C(O)C3(CCC(OCCOCCOCCOCC(=O)N[C@H](C(=O)N4C[C@H](O)C[C@H]4C(=O)N[C@@H](C)c4ccc(-c5scnc5C)cc4)C(C)(C)C)CC3)OC2=O)c(C)c1. The van der Waals surface area contributed by atoms with Gasteiger partial charge in [-0.05, 0) is 93.5 Å². The maximum absolute atomic E-state index is 14.0. The highest BCUT2D eigenvalue weighted by atomic mass is 32.1. The molecule has 3 aliphatic rings. The van der Waals surface area contributed by atoms with Crippen LogP contribution in [-0.2, 0) is 42.9 Å². The molecule has 2 aromatic carbocycles. The van der Waals surface area contributed by atoms with Crippen LogP contribution < -0.4 is 10.6 Å². The van der Waals surface area contributed by atoms with Gasteiger partial charge >= 0.3 is 5.97 Å². The monoisotopic (exact) mass is 918 g/mol. The van der Waals surface area contributed by atoms with Crippen LogP contribution in [-0.4, -0.2) is 126 Å². The molecule has 3 heterocycles. The van der Waals surface area contributed by atoms with E-state index in [0.717, 1.165) is 44.0 Å². The van der Waals surface area contributed by atoms with Gasteiger partial charge in [0.05, 0.1) is 74.0 Å². The number of ether oxygens (including phenoxy) is 5. The molecule has 1 saturated carbocycles. The number of likely N-dealkylation sites (tertiary alicyclic amines) is 1. The van der Waals surface area contributed by atoms with E-state index in [1.165, 1.54) is 4.90 Å². The number of nitrogens with one attached hydrogen (secondary N) is 2. The number of thiazole rings is 1. The normalized spacial score (nSPS) is 22.0. The number of aliphatic hydroxyl groups excluding tert-OH is 2. The van der Waals surface area contributed by atoms with Crippen LogP contribution in [0, 0.1) is 33.1 Å². The fourth-order valence-corrected chi connectivity index (χ4v) is 9.87. The molecule has 15 nitrogen and oxygen atoms in total. The average molecular weight is 919 g/mol. The fraction of sp³-hybridized carbons (Fsp3) is 0.571. The molecule has 4 atom stereocenters. The van der Waals surface area contributed by atoms with E-state index >= 15 is 0 Å². The van der Waals surface area contributed by atoms with Crippen LogP contribution >= 0.6 is 11.3 Å². The van der Waals surface area contributed by atoms with Crippen molar-refractivity contribution in [3.05, 3.63) is 81.2 Å². The molecule has 0 unspecified atom stereocenters. The minimum absolute atomic E-state index is 0.0255. The predicted octanol–water partition coefficient (Wildman–Crippen LogP) is 5.99. The van der Waals surface area contributed by atoms with Crippen molar-refractivity contribution in [2.45, 2.75) is 123 Å². The van der Waals surface area contributed by atoms with Crippen molar-refractivity contribution in [1.29, 1.82) is 0 Å². The van der Waals surface area contributed by atoms with Crippen molar-refractivity contribution >= 4 is 40.6 Å². The molecule has 1 saturated heterocycles. The number of aryl methyl sites for hydroxylation is 4. The molecule has 3 amide bonds. The first kappa shape index (κ1) is 49.7. The number of aliphatic hydroxyl groups is 2. The summed E-state index contributed by atoms with van der Waals surface area (Å²) in [7, 11) is 0. The van der Waals surface area contributed by atoms with Gasteiger partial charge in [0.25, 0.3) is 0 Å². The summed E-state index contributed by atoms with van der Waals surface area (Å²) in [5.41, 5.74) is 6.98. The Labute approximate surface area is 386 Å². The summed E-state index contributed by atoms with van der Waals surface area (Å²) in [5.74, 6) is -1.77. The van der Waals surface area contributed by atoms with E-state index in [1.807, 2.05) is 97.3 Å². The lowest BCUT2D eigenvalue weighted by Gasteiger charge is -2.35. The van der Waals surface area contributed by atoms with Gasteiger partial charge in [0.15, 0.2) is 11.4 Å². The smallest absolute Gasteiger partial charge is 0.343 e. The molecule has 65 heavy (non-hydrogen) atoms.